The molecule has 0 aliphatic carbocycles. The molecule has 0 spiro atoms. The first-order valence-corrected chi connectivity index (χ1v) is 7.53. The Kier molecular flexibility index (Phi) is 6.01. The zero-order valence-electron chi connectivity index (χ0n) is 13.3. The molecule has 0 amide bonds. The molecular weight excluding hydrogens is 339 g/mol. The lowest BCUT2D eigenvalue weighted by Crippen LogP contribution is -2.04. The minimum atomic E-state index is -4.41. The molecule has 0 unspecified atom stereocenters. The Balaban J connectivity index is 2.09. The van der Waals surface area contributed by atoms with E-state index in [0.717, 1.165) is 24.8 Å². The van der Waals surface area contributed by atoms with Gasteiger partial charge in [0.2, 0.25) is 0 Å². The third-order valence-electron chi connectivity index (χ3n) is 3.38. The van der Waals surface area contributed by atoms with Crippen LogP contribution in [0.5, 0.6) is 0 Å². The maximum Gasteiger partial charge on any atom is 0.416 e. The van der Waals surface area contributed by atoms with Crippen LogP contribution < -0.4 is 0 Å². The summed E-state index contributed by atoms with van der Waals surface area (Å²) in [6.07, 6.45) is -0.952. The molecule has 0 aliphatic heterocycles. The molecule has 0 heterocycles. The summed E-state index contributed by atoms with van der Waals surface area (Å²) in [6, 6.07) is 6.76. The van der Waals surface area contributed by atoms with Gasteiger partial charge >= 0.3 is 6.18 Å². The van der Waals surface area contributed by atoms with Crippen molar-refractivity contribution in [2.45, 2.75) is 25.9 Å². The fourth-order valence-electron chi connectivity index (χ4n) is 2.14. The second-order valence-corrected chi connectivity index (χ2v) is 5.33. The van der Waals surface area contributed by atoms with Crippen molar-refractivity contribution in [2.75, 3.05) is 0 Å². The van der Waals surface area contributed by atoms with E-state index in [2.05, 4.69) is 10.2 Å². The molecule has 2 rings (SSSR count). The van der Waals surface area contributed by atoms with Gasteiger partial charge in [0.15, 0.2) is 0 Å². The highest BCUT2D eigenvalue weighted by molar-refractivity contribution is 5.83. The van der Waals surface area contributed by atoms with Gasteiger partial charge in [-0.2, -0.15) is 23.4 Å². The minimum Gasteiger partial charge on any atom is -0.206 e. The molecule has 132 valence electrons. The standard InChI is InChI=1S/C18H15F5N2/c1-2-3-13-8-16(19)15(17(20)9-13)11-25-24-10-12-4-6-14(7-5-12)18(21,22)23/h4-11H,2-3H2,1H3. The van der Waals surface area contributed by atoms with Crippen LogP contribution in [-0.2, 0) is 12.6 Å². The molecule has 0 fully saturated rings. The van der Waals surface area contributed by atoms with E-state index in [0.29, 0.717) is 17.5 Å². The molecule has 0 aliphatic rings. The van der Waals surface area contributed by atoms with Gasteiger partial charge in [0.05, 0.1) is 23.6 Å². The van der Waals surface area contributed by atoms with Crippen molar-refractivity contribution in [3.8, 4) is 0 Å². The third-order valence-corrected chi connectivity index (χ3v) is 3.38. The van der Waals surface area contributed by atoms with Crippen molar-refractivity contribution in [1.82, 2.24) is 0 Å². The SMILES string of the molecule is CCCc1cc(F)c(C=NN=Cc2ccc(C(F)(F)F)cc2)c(F)c1. The number of hydrogen-bond acceptors (Lipinski definition) is 2. The highest BCUT2D eigenvalue weighted by Gasteiger charge is 2.29. The molecular formula is C18H15F5N2. The van der Waals surface area contributed by atoms with E-state index >= 15 is 0 Å². The van der Waals surface area contributed by atoms with Crippen LogP contribution >= 0.6 is 0 Å². The van der Waals surface area contributed by atoms with Crippen LogP contribution in [0.15, 0.2) is 46.6 Å². The second-order valence-electron chi connectivity index (χ2n) is 5.33. The summed E-state index contributed by atoms with van der Waals surface area (Å²) in [5.41, 5.74) is -0.152. The highest BCUT2D eigenvalue weighted by Crippen LogP contribution is 2.28. The number of hydrogen-bond donors (Lipinski definition) is 0. The Morgan fingerprint density at radius 2 is 1.48 bits per heavy atom. The first kappa shape index (κ1) is 18.8. The summed E-state index contributed by atoms with van der Waals surface area (Å²) < 4.78 is 65.0. The zero-order valence-corrected chi connectivity index (χ0v) is 13.3. The van der Waals surface area contributed by atoms with Gasteiger partial charge in [-0.3, -0.25) is 0 Å². The van der Waals surface area contributed by atoms with Crippen LogP contribution in [0.2, 0.25) is 0 Å². The molecule has 0 N–H and O–H groups in total. The number of rotatable bonds is 5. The Hall–Kier alpha value is -2.57. The second kappa shape index (κ2) is 8.00. The predicted molar refractivity (Wildman–Crippen MR) is 87.0 cm³/mol. The summed E-state index contributed by atoms with van der Waals surface area (Å²) in [6.45, 7) is 1.90. The van der Waals surface area contributed by atoms with Crippen molar-refractivity contribution in [2.24, 2.45) is 10.2 Å². The van der Waals surface area contributed by atoms with Gasteiger partial charge < -0.3 is 0 Å². The van der Waals surface area contributed by atoms with Gasteiger partial charge in [-0.1, -0.05) is 25.5 Å². The van der Waals surface area contributed by atoms with Crippen LogP contribution in [0.25, 0.3) is 0 Å². The van der Waals surface area contributed by atoms with Gasteiger partial charge in [0.1, 0.15) is 11.6 Å². The number of alkyl halides is 3. The molecule has 25 heavy (non-hydrogen) atoms. The lowest BCUT2D eigenvalue weighted by Gasteiger charge is -2.05. The normalized spacial score (nSPS) is 12.4. The first-order valence-electron chi connectivity index (χ1n) is 7.53. The van der Waals surface area contributed by atoms with Crippen LogP contribution in [-0.4, -0.2) is 12.4 Å². The number of nitrogens with zero attached hydrogens (tertiary/aromatic N) is 2. The summed E-state index contributed by atoms with van der Waals surface area (Å²) in [4.78, 5) is 0. The van der Waals surface area contributed by atoms with E-state index in [9.17, 15) is 22.0 Å². The van der Waals surface area contributed by atoms with Crippen molar-refractivity contribution in [1.29, 1.82) is 0 Å². The maximum atomic E-state index is 13.9. The smallest absolute Gasteiger partial charge is 0.206 e. The summed E-state index contributed by atoms with van der Waals surface area (Å²) in [5, 5.41) is 7.15. The van der Waals surface area contributed by atoms with Crippen LogP contribution in [0.3, 0.4) is 0 Å². The van der Waals surface area contributed by atoms with E-state index in [-0.39, 0.29) is 5.56 Å². The predicted octanol–water partition coefficient (Wildman–Crippen LogP) is 5.39. The summed E-state index contributed by atoms with van der Waals surface area (Å²) in [5.74, 6) is -1.48. The quantitative estimate of drug-likeness (QED) is 0.391. The molecule has 7 heteroatoms. The average molecular weight is 354 g/mol. The maximum absolute atomic E-state index is 13.9. The van der Waals surface area contributed by atoms with Crippen molar-refractivity contribution in [3.63, 3.8) is 0 Å². The molecule has 2 nitrogen and oxygen atoms in total. The first-order chi connectivity index (χ1) is 11.8. The lowest BCUT2D eigenvalue weighted by atomic mass is 10.1. The van der Waals surface area contributed by atoms with Gasteiger partial charge in [-0.15, -0.1) is 0 Å². The molecule has 0 radical (unpaired) electrons. The Morgan fingerprint density at radius 3 is 2.00 bits per heavy atom. The largest absolute Gasteiger partial charge is 0.416 e. The fraction of sp³-hybridized carbons (Fsp3) is 0.222. The van der Waals surface area contributed by atoms with E-state index in [1.165, 1.54) is 30.5 Å². The van der Waals surface area contributed by atoms with Gasteiger partial charge in [-0.25, -0.2) is 8.78 Å². The zero-order chi connectivity index (χ0) is 18.4. The van der Waals surface area contributed by atoms with Crippen LogP contribution in [0.1, 0.15) is 35.6 Å². The molecule has 0 saturated heterocycles. The Labute approximate surface area is 141 Å². The van der Waals surface area contributed by atoms with E-state index in [1.807, 2.05) is 6.92 Å². The molecule has 0 aromatic heterocycles. The van der Waals surface area contributed by atoms with Crippen molar-refractivity contribution in [3.05, 3.63) is 70.3 Å². The van der Waals surface area contributed by atoms with E-state index in [4.69, 9.17) is 0 Å². The van der Waals surface area contributed by atoms with E-state index in [1.54, 1.807) is 0 Å². The lowest BCUT2D eigenvalue weighted by molar-refractivity contribution is -0.137. The fourth-order valence-corrected chi connectivity index (χ4v) is 2.14. The van der Waals surface area contributed by atoms with Gasteiger partial charge in [0.25, 0.3) is 0 Å². The van der Waals surface area contributed by atoms with Crippen LogP contribution in [0, 0.1) is 11.6 Å². The molecule has 2 aromatic rings. The monoisotopic (exact) mass is 354 g/mol. The molecule has 0 atom stereocenters. The van der Waals surface area contributed by atoms with Gasteiger partial charge in [-0.05, 0) is 41.8 Å². The molecule has 0 saturated carbocycles. The summed E-state index contributed by atoms with van der Waals surface area (Å²) in [7, 11) is 0. The Morgan fingerprint density at radius 1 is 0.920 bits per heavy atom. The minimum absolute atomic E-state index is 0.315. The average Bonchev–Trinajstić information content (AvgIpc) is 2.53. The van der Waals surface area contributed by atoms with E-state index < -0.39 is 23.4 Å². The number of aryl methyl sites for hydroxylation is 1. The number of halogens is 5. The van der Waals surface area contributed by atoms with Crippen molar-refractivity contribution < 1.29 is 22.0 Å². The Bertz CT molecular complexity index is 754. The summed E-state index contributed by atoms with van der Waals surface area (Å²) >= 11 is 0. The molecule has 0 bridgehead atoms. The molecule has 2 aromatic carbocycles. The van der Waals surface area contributed by atoms with Crippen LogP contribution in [0.4, 0.5) is 22.0 Å². The van der Waals surface area contributed by atoms with Gasteiger partial charge in [0, 0.05) is 0 Å². The number of benzene rings is 2. The topological polar surface area (TPSA) is 24.7 Å². The third kappa shape index (κ3) is 5.20. The van der Waals surface area contributed by atoms with Crippen molar-refractivity contribution >= 4 is 12.4 Å². The highest BCUT2D eigenvalue weighted by atomic mass is 19.4.